The van der Waals surface area contributed by atoms with Crippen LogP contribution in [0.15, 0.2) is 48.5 Å². The molecule has 1 N–H and O–H groups in total. The predicted molar refractivity (Wildman–Crippen MR) is 126 cm³/mol. The Bertz CT molecular complexity index is 1080. The summed E-state index contributed by atoms with van der Waals surface area (Å²) >= 11 is 0. The third kappa shape index (κ3) is 5.00. The molecule has 3 amide bonds. The third-order valence-corrected chi connectivity index (χ3v) is 6.47. The van der Waals surface area contributed by atoms with Gasteiger partial charge < -0.3 is 19.7 Å². The van der Waals surface area contributed by atoms with Crippen LogP contribution in [0.3, 0.4) is 0 Å². The second kappa shape index (κ2) is 10.0. The van der Waals surface area contributed by atoms with Crippen molar-refractivity contribution in [1.82, 2.24) is 15.1 Å². The lowest BCUT2D eigenvalue weighted by molar-refractivity contribution is -0.128. The van der Waals surface area contributed by atoms with E-state index in [0.717, 1.165) is 0 Å². The first-order chi connectivity index (χ1) is 16.7. The topological polar surface area (TPSA) is 88.2 Å². The first-order valence-corrected chi connectivity index (χ1v) is 11.7. The number of nitrogens with one attached hydrogen (secondary N) is 1. The average Bonchev–Trinajstić information content (AvgIpc) is 3.22. The smallest absolute Gasteiger partial charge is 0.256 e. The number of hydrogen-bond donors (Lipinski definition) is 1. The largest absolute Gasteiger partial charge is 0.497 e. The Labute approximate surface area is 204 Å². The number of carbonyl (C=O) groups excluding carboxylic acids is 3. The van der Waals surface area contributed by atoms with E-state index in [1.807, 2.05) is 13.8 Å². The zero-order valence-corrected chi connectivity index (χ0v) is 20.1. The Morgan fingerprint density at radius 3 is 2.14 bits per heavy atom. The van der Waals surface area contributed by atoms with Crippen molar-refractivity contribution in [2.75, 3.05) is 26.8 Å². The van der Waals surface area contributed by atoms with Gasteiger partial charge in [0.1, 0.15) is 23.3 Å². The van der Waals surface area contributed by atoms with Crippen LogP contribution in [-0.4, -0.2) is 72.1 Å². The van der Waals surface area contributed by atoms with Crippen LogP contribution < -0.4 is 10.1 Å². The molecule has 1 spiro atoms. The number of ether oxygens (including phenoxy) is 2. The van der Waals surface area contributed by atoms with Crippen molar-refractivity contribution < 1.29 is 28.2 Å². The van der Waals surface area contributed by atoms with E-state index in [4.69, 9.17) is 9.47 Å². The van der Waals surface area contributed by atoms with Gasteiger partial charge in [-0.15, -0.1) is 0 Å². The van der Waals surface area contributed by atoms with Crippen molar-refractivity contribution in [3.8, 4) is 5.75 Å². The molecule has 0 aromatic heterocycles. The number of rotatable bonds is 5. The van der Waals surface area contributed by atoms with Crippen LogP contribution in [0.4, 0.5) is 4.39 Å². The summed E-state index contributed by atoms with van der Waals surface area (Å²) in [5.41, 5.74) is -0.187. The number of likely N-dealkylation sites (tertiary alicyclic amines) is 1. The summed E-state index contributed by atoms with van der Waals surface area (Å²) in [6.45, 7) is 4.46. The van der Waals surface area contributed by atoms with Gasteiger partial charge in [-0.3, -0.25) is 19.3 Å². The lowest BCUT2D eigenvalue weighted by Crippen LogP contribution is -2.60. The van der Waals surface area contributed by atoms with Gasteiger partial charge in [-0.05, 0) is 62.4 Å². The summed E-state index contributed by atoms with van der Waals surface area (Å²) in [4.78, 5) is 42.8. The van der Waals surface area contributed by atoms with Crippen LogP contribution in [0.2, 0.25) is 0 Å². The molecule has 9 heteroatoms. The summed E-state index contributed by atoms with van der Waals surface area (Å²) in [6.07, 6.45) is 0.709. The van der Waals surface area contributed by atoms with Crippen molar-refractivity contribution in [3.05, 3.63) is 65.5 Å². The first kappa shape index (κ1) is 24.7. The lowest BCUT2D eigenvalue weighted by atomic mass is 9.96. The van der Waals surface area contributed by atoms with Gasteiger partial charge in [0.25, 0.3) is 11.8 Å². The molecule has 2 fully saturated rings. The maximum atomic E-state index is 13.7. The quantitative estimate of drug-likeness (QED) is 0.707. The molecule has 0 saturated carbocycles. The zero-order valence-electron chi connectivity index (χ0n) is 20.1. The van der Waals surface area contributed by atoms with Crippen molar-refractivity contribution >= 4 is 17.7 Å². The van der Waals surface area contributed by atoms with E-state index in [2.05, 4.69) is 5.32 Å². The molecule has 186 valence electrons. The molecule has 35 heavy (non-hydrogen) atoms. The van der Waals surface area contributed by atoms with Crippen LogP contribution >= 0.6 is 0 Å². The number of methoxy groups -OCH3 is 1. The fourth-order valence-electron chi connectivity index (χ4n) is 4.65. The second-order valence-corrected chi connectivity index (χ2v) is 9.14. The van der Waals surface area contributed by atoms with Gasteiger partial charge in [0, 0.05) is 43.1 Å². The molecule has 2 aliphatic rings. The fourth-order valence-corrected chi connectivity index (χ4v) is 4.65. The molecule has 0 bridgehead atoms. The number of halogens is 1. The molecular formula is C26H30FN3O5. The van der Waals surface area contributed by atoms with Crippen molar-refractivity contribution in [3.63, 3.8) is 0 Å². The molecule has 2 aliphatic heterocycles. The summed E-state index contributed by atoms with van der Waals surface area (Å²) in [5.74, 6) is -0.580. The Balaban J connectivity index is 1.57. The zero-order chi connectivity index (χ0) is 25.2. The average molecular weight is 484 g/mol. The first-order valence-electron chi connectivity index (χ1n) is 11.7. The molecular weight excluding hydrogens is 453 g/mol. The normalized spacial score (nSPS) is 19.2. The number of carbonyl (C=O) groups is 3. The highest BCUT2D eigenvalue weighted by Gasteiger charge is 2.54. The minimum Gasteiger partial charge on any atom is -0.497 e. The highest BCUT2D eigenvalue weighted by atomic mass is 19.1. The molecule has 1 atom stereocenters. The summed E-state index contributed by atoms with van der Waals surface area (Å²) in [7, 11) is 1.55. The van der Waals surface area contributed by atoms with Crippen LogP contribution in [0, 0.1) is 5.82 Å². The van der Waals surface area contributed by atoms with Gasteiger partial charge in [-0.1, -0.05) is 0 Å². The summed E-state index contributed by atoms with van der Waals surface area (Å²) < 4.78 is 24.6. The molecule has 2 aromatic carbocycles. The summed E-state index contributed by atoms with van der Waals surface area (Å²) in [6, 6.07) is 11.3. The van der Waals surface area contributed by atoms with E-state index >= 15 is 0 Å². The van der Waals surface area contributed by atoms with E-state index in [0.29, 0.717) is 42.8 Å². The standard InChI is InChI=1S/C26H30FN3O5/c1-17(2)28-23(31)22-16-35-26(30(22)25(33)19-6-10-21(34-3)11-7-19)12-14-29(15-13-26)24(32)18-4-8-20(27)9-5-18/h4-11,17,22H,12-16H2,1-3H3,(H,28,31). The maximum Gasteiger partial charge on any atom is 0.256 e. The highest BCUT2D eigenvalue weighted by Crippen LogP contribution is 2.39. The Morgan fingerprint density at radius 1 is 1.00 bits per heavy atom. The Hall–Kier alpha value is -3.46. The third-order valence-electron chi connectivity index (χ3n) is 6.47. The monoisotopic (exact) mass is 483 g/mol. The number of hydrogen-bond acceptors (Lipinski definition) is 5. The molecule has 2 heterocycles. The van der Waals surface area contributed by atoms with Gasteiger partial charge >= 0.3 is 0 Å². The number of amides is 3. The fraction of sp³-hybridized carbons (Fsp3) is 0.423. The molecule has 2 aromatic rings. The lowest BCUT2D eigenvalue weighted by Gasteiger charge is -2.44. The van der Waals surface area contributed by atoms with Gasteiger partial charge in [-0.2, -0.15) is 0 Å². The molecule has 2 saturated heterocycles. The molecule has 4 rings (SSSR count). The van der Waals surface area contributed by atoms with Gasteiger partial charge in [0.15, 0.2) is 0 Å². The summed E-state index contributed by atoms with van der Waals surface area (Å²) in [5, 5.41) is 2.89. The molecule has 8 nitrogen and oxygen atoms in total. The highest BCUT2D eigenvalue weighted by molar-refractivity contribution is 5.99. The van der Waals surface area contributed by atoms with Crippen LogP contribution in [0.1, 0.15) is 47.4 Å². The minimum atomic E-state index is -1.00. The van der Waals surface area contributed by atoms with E-state index in [1.54, 1.807) is 41.2 Å². The molecule has 0 aliphatic carbocycles. The van der Waals surface area contributed by atoms with Gasteiger partial charge in [-0.25, -0.2) is 4.39 Å². The second-order valence-electron chi connectivity index (χ2n) is 9.14. The van der Waals surface area contributed by atoms with Gasteiger partial charge in [0.05, 0.1) is 13.7 Å². The Kier molecular flexibility index (Phi) is 7.07. The van der Waals surface area contributed by atoms with E-state index < -0.39 is 17.6 Å². The van der Waals surface area contributed by atoms with E-state index in [-0.39, 0.29) is 30.4 Å². The van der Waals surface area contributed by atoms with Crippen LogP contribution in [-0.2, 0) is 9.53 Å². The molecule has 1 unspecified atom stereocenters. The molecule has 0 radical (unpaired) electrons. The maximum absolute atomic E-state index is 13.7. The van der Waals surface area contributed by atoms with Crippen molar-refractivity contribution in [2.24, 2.45) is 0 Å². The number of piperidine rings is 1. The minimum absolute atomic E-state index is 0.0758. The van der Waals surface area contributed by atoms with Crippen molar-refractivity contribution in [1.29, 1.82) is 0 Å². The SMILES string of the molecule is COc1ccc(C(=O)N2C(C(=O)NC(C)C)COC23CCN(C(=O)c2ccc(F)cc2)CC3)cc1. The predicted octanol–water partition coefficient (Wildman–Crippen LogP) is 2.83. The number of nitrogens with zero attached hydrogens (tertiary/aromatic N) is 2. The van der Waals surface area contributed by atoms with E-state index in [9.17, 15) is 18.8 Å². The Morgan fingerprint density at radius 2 is 1.57 bits per heavy atom. The van der Waals surface area contributed by atoms with E-state index in [1.165, 1.54) is 24.3 Å². The van der Waals surface area contributed by atoms with Crippen LogP contribution in [0.25, 0.3) is 0 Å². The van der Waals surface area contributed by atoms with Crippen molar-refractivity contribution in [2.45, 2.75) is 44.5 Å². The number of benzene rings is 2. The van der Waals surface area contributed by atoms with Gasteiger partial charge in [0.2, 0.25) is 5.91 Å². The van der Waals surface area contributed by atoms with Crippen LogP contribution in [0.5, 0.6) is 5.75 Å².